The lowest BCUT2D eigenvalue weighted by Gasteiger charge is -2.14. The molecule has 146 valence electrons. The molecule has 0 aromatic carbocycles. The highest BCUT2D eigenvalue weighted by Gasteiger charge is 2.00. The number of aromatic amines is 3. The van der Waals surface area contributed by atoms with Gasteiger partial charge in [0.2, 0.25) is 0 Å². The summed E-state index contributed by atoms with van der Waals surface area (Å²) in [7, 11) is 0. The molecule has 3 N–H and O–H groups in total. The van der Waals surface area contributed by atoms with Crippen LogP contribution in [0.4, 0.5) is 0 Å². The molecule has 0 atom stereocenters. The van der Waals surface area contributed by atoms with E-state index in [0.29, 0.717) is 20.0 Å². The van der Waals surface area contributed by atoms with Gasteiger partial charge in [0.15, 0.2) is 0 Å². The van der Waals surface area contributed by atoms with Gasteiger partial charge >= 0.3 is 0 Å². The molecule has 0 aliphatic carbocycles. The first kappa shape index (κ1) is 19.6. The maximum Gasteiger partial charge on any atom is 0.0935 e. The average Bonchev–Trinajstić information content (AvgIpc) is 3.48. The molecule has 0 amide bonds. The first-order valence-electron chi connectivity index (χ1n) is 9.44. The summed E-state index contributed by atoms with van der Waals surface area (Å²) in [5, 5.41) is 0. The molecule has 3 rings (SSSR count). The molecule has 0 saturated heterocycles. The molecule has 3 heterocycles. The van der Waals surface area contributed by atoms with Crippen molar-refractivity contribution >= 4 is 18.6 Å². The van der Waals surface area contributed by atoms with E-state index in [2.05, 4.69) is 53.0 Å². The highest BCUT2D eigenvalue weighted by molar-refractivity contribution is 5.61. The number of H-pyrrole nitrogens is 3. The van der Waals surface area contributed by atoms with E-state index in [-0.39, 0.29) is 0 Å². The normalized spacial score (nSPS) is 12.3. The van der Waals surface area contributed by atoms with Gasteiger partial charge in [-0.05, 0) is 36.4 Å². The fourth-order valence-electron chi connectivity index (χ4n) is 2.63. The Morgan fingerprint density at radius 3 is 1.25 bits per heavy atom. The van der Waals surface area contributed by atoms with Crippen molar-refractivity contribution in [3.63, 3.8) is 0 Å². The zero-order chi connectivity index (χ0) is 19.3. The number of hydrogen-bond acceptors (Lipinski definition) is 4. The van der Waals surface area contributed by atoms with Gasteiger partial charge in [0.25, 0.3) is 0 Å². The summed E-state index contributed by atoms with van der Waals surface area (Å²) in [5.74, 6) is 0. The minimum atomic E-state index is 0.570. The van der Waals surface area contributed by atoms with E-state index < -0.39 is 0 Å². The van der Waals surface area contributed by atoms with Crippen molar-refractivity contribution in [2.24, 2.45) is 15.0 Å². The fourth-order valence-corrected chi connectivity index (χ4v) is 2.63. The molecule has 0 radical (unpaired) electrons. The largest absolute Gasteiger partial charge is 0.365 e. The molecular formula is C21H27N7. The molecule has 0 saturated carbocycles. The Hall–Kier alpha value is -3.19. The van der Waals surface area contributed by atoms with Gasteiger partial charge in [-0.1, -0.05) is 0 Å². The van der Waals surface area contributed by atoms with Crippen LogP contribution in [0.1, 0.15) is 17.1 Å². The zero-order valence-electron chi connectivity index (χ0n) is 16.0. The van der Waals surface area contributed by atoms with Gasteiger partial charge < -0.3 is 15.0 Å². The SMILES string of the molecule is C(/Cc1ccc[nH]1)=N\CN(C/N=C/Cc1ccc[nH]1)C/N=C/Cc1ccc[nH]1. The molecule has 0 unspecified atom stereocenters. The summed E-state index contributed by atoms with van der Waals surface area (Å²) in [5.41, 5.74) is 3.47. The number of rotatable bonds is 12. The van der Waals surface area contributed by atoms with Gasteiger partial charge in [-0.2, -0.15) is 0 Å². The van der Waals surface area contributed by atoms with Crippen LogP contribution >= 0.6 is 0 Å². The van der Waals surface area contributed by atoms with Gasteiger partial charge in [-0.25, -0.2) is 4.90 Å². The Morgan fingerprint density at radius 1 is 0.607 bits per heavy atom. The second kappa shape index (κ2) is 11.5. The van der Waals surface area contributed by atoms with Crippen molar-refractivity contribution < 1.29 is 0 Å². The predicted molar refractivity (Wildman–Crippen MR) is 115 cm³/mol. The van der Waals surface area contributed by atoms with Crippen LogP contribution in [0.5, 0.6) is 0 Å². The summed E-state index contributed by atoms with van der Waals surface area (Å²) >= 11 is 0. The Kier molecular flexibility index (Phi) is 8.04. The van der Waals surface area contributed by atoms with Crippen LogP contribution < -0.4 is 0 Å². The number of aromatic nitrogens is 3. The quantitative estimate of drug-likeness (QED) is 0.416. The summed E-state index contributed by atoms with van der Waals surface area (Å²) in [6.45, 7) is 1.71. The van der Waals surface area contributed by atoms with Gasteiger partial charge in [-0.3, -0.25) is 15.0 Å². The van der Waals surface area contributed by atoms with Crippen molar-refractivity contribution in [1.82, 2.24) is 19.9 Å². The van der Waals surface area contributed by atoms with Crippen LogP contribution in [0, 0.1) is 0 Å². The highest BCUT2D eigenvalue weighted by atomic mass is 15.3. The first-order chi connectivity index (χ1) is 13.9. The Balaban J connectivity index is 1.45. The maximum atomic E-state index is 4.52. The van der Waals surface area contributed by atoms with Gasteiger partial charge in [0, 0.05) is 73.6 Å². The van der Waals surface area contributed by atoms with Crippen molar-refractivity contribution in [3.8, 4) is 0 Å². The number of nitrogens with zero attached hydrogens (tertiary/aromatic N) is 4. The first-order valence-corrected chi connectivity index (χ1v) is 9.44. The van der Waals surface area contributed by atoms with Gasteiger partial charge in [0.05, 0.1) is 20.0 Å². The molecule has 3 aromatic heterocycles. The summed E-state index contributed by atoms with van der Waals surface area (Å²) < 4.78 is 0. The topological polar surface area (TPSA) is 87.7 Å². The minimum absolute atomic E-state index is 0.570. The monoisotopic (exact) mass is 377 g/mol. The molecule has 0 aliphatic heterocycles. The molecule has 0 bridgehead atoms. The van der Waals surface area contributed by atoms with E-state index in [1.165, 1.54) is 0 Å². The molecule has 3 aromatic rings. The van der Waals surface area contributed by atoms with Gasteiger partial charge in [0.1, 0.15) is 0 Å². The van der Waals surface area contributed by atoms with E-state index in [9.17, 15) is 0 Å². The third-order valence-electron chi connectivity index (χ3n) is 4.15. The third-order valence-corrected chi connectivity index (χ3v) is 4.15. The molecule has 0 spiro atoms. The molecule has 28 heavy (non-hydrogen) atoms. The number of aliphatic imine (C=N–C) groups is 3. The second-order valence-electron chi connectivity index (χ2n) is 6.39. The maximum absolute atomic E-state index is 4.52. The van der Waals surface area contributed by atoms with Crippen LogP contribution in [0.15, 0.2) is 70.0 Å². The van der Waals surface area contributed by atoms with Crippen molar-refractivity contribution in [2.45, 2.75) is 19.3 Å². The molecular weight excluding hydrogens is 350 g/mol. The van der Waals surface area contributed by atoms with Crippen LogP contribution in [-0.2, 0) is 19.3 Å². The third kappa shape index (κ3) is 7.20. The summed E-state index contributed by atoms with van der Waals surface area (Å²) in [6, 6.07) is 12.1. The Bertz CT molecular complexity index is 713. The van der Waals surface area contributed by atoms with Crippen molar-refractivity contribution in [3.05, 3.63) is 72.1 Å². The Labute approximate surface area is 165 Å². The molecule has 0 aliphatic rings. The van der Waals surface area contributed by atoms with E-state index in [1.54, 1.807) is 0 Å². The fraction of sp³-hybridized carbons (Fsp3) is 0.286. The smallest absolute Gasteiger partial charge is 0.0935 e. The van der Waals surface area contributed by atoms with Crippen LogP contribution in [-0.4, -0.2) is 58.5 Å². The lowest BCUT2D eigenvalue weighted by Crippen LogP contribution is -2.24. The molecule has 7 nitrogen and oxygen atoms in total. The molecule has 7 heteroatoms. The lowest BCUT2D eigenvalue weighted by molar-refractivity contribution is 0.303. The van der Waals surface area contributed by atoms with E-state index in [4.69, 9.17) is 0 Å². The van der Waals surface area contributed by atoms with Crippen molar-refractivity contribution in [1.29, 1.82) is 0 Å². The highest BCUT2D eigenvalue weighted by Crippen LogP contribution is 1.97. The lowest BCUT2D eigenvalue weighted by atomic mass is 10.3. The van der Waals surface area contributed by atoms with Crippen LogP contribution in [0.3, 0.4) is 0 Å². The number of hydrogen-bond donors (Lipinski definition) is 3. The van der Waals surface area contributed by atoms with E-state index in [1.807, 2.05) is 55.4 Å². The molecule has 0 fully saturated rings. The van der Waals surface area contributed by atoms with Crippen LogP contribution in [0.2, 0.25) is 0 Å². The minimum Gasteiger partial charge on any atom is -0.365 e. The second-order valence-corrected chi connectivity index (χ2v) is 6.39. The summed E-state index contributed by atoms with van der Waals surface area (Å²) in [4.78, 5) is 25.2. The number of nitrogens with one attached hydrogen (secondary N) is 3. The zero-order valence-corrected chi connectivity index (χ0v) is 16.0. The standard InChI is InChI=1S/C21H27N7/c1-4-19(25-10-1)7-13-22-16-28(17-23-14-8-20-5-2-11-26-20)18-24-15-9-21-6-3-12-27-21/h1-6,10-15,25-27H,7-9,16-18H2/b22-13+,23-14+,24-15+. The Morgan fingerprint density at radius 2 is 0.964 bits per heavy atom. The van der Waals surface area contributed by atoms with Crippen LogP contribution in [0.25, 0.3) is 0 Å². The van der Waals surface area contributed by atoms with E-state index in [0.717, 1.165) is 36.3 Å². The predicted octanol–water partition coefficient (Wildman–Crippen LogP) is 3.09. The average molecular weight is 377 g/mol. The van der Waals surface area contributed by atoms with Gasteiger partial charge in [-0.15, -0.1) is 0 Å². The van der Waals surface area contributed by atoms with Crippen molar-refractivity contribution in [2.75, 3.05) is 20.0 Å². The van der Waals surface area contributed by atoms with E-state index >= 15 is 0 Å². The summed E-state index contributed by atoms with van der Waals surface area (Å²) in [6.07, 6.45) is 14.0.